The van der Waals surface area contributed by atoms with E-state index in [1.54, 1.807) is 6.08 Å². The highest BCUT2D eigenvalue weighted by Gasteiger charge is 2.08. The quantitative estimate of drug-likeness (QED) is 0.503. The zero-order valence-electron chi connectivity index (χ0n) is 9.25. The Bertz CT molecular complexity index is 523. The molecule has 0 fully saturated rings. The van der Waals surface area contributed by atoms with Gasteiger partial charge in [-0.05, 0) is 17.5 Å². The molecule has 0 aliphatic rings. The minimum Gasteiger partial charge on any atom is -0.299 e. The second-order valence-electron chi connectivity index (χ2n) is 3.03. The standard InChI is InChI=1S/C10H10N4OS3/c1-2-5-17-10-14-13-9(18-10)12-8(15)11-7-4-3-6-16-7/h2-4,6H,1,5H2,(H2,11,12,13,15). The van der Waals surface area contributed by atoms with Crippen LogP contribution in [0, 0.1) is 0 Å². The number of urea groups is 1. The summed E-state index contributed by atoms with van der Waals surface area (Å²) in [5, 5.41) is 16.3. The van der Waals surface area contributed by atoms with Gasteiger partial charge in [0.2, 0.25) is 5.13 Å². The summed E-state index contributed by atoms with van der Waals surface area (Å²) in [6.45, 7) is 3.63. The first-order chi connectivity index (χ1) is 8.78. The lowest BCUT2D eigenvalue weighted by molar-refractivity contribution is 0.262. The molecule has 0 saturated carbocycles. The number of anilines is 2. The third-order valence-electron chi connectivity index (χ3n) is 1.71. The number of aromatic nitrogens is 2. The fourth-order valence-corrected chi connectivity index (χ4v) is 3.16. The molecule has 2 aromatic heterocycles. The fourth-order valence-electron chi connectivity index (χ4n) is 1.04. The summed E-state index contributed by atoms with van der Waals surface area (Å²) >= 11 is 4.33. The van der Waals surface area contributed by atoms with Crippen molar-refractivity contribution in [3.05, 3.63) is 30.2 Å². The van der Waals surface area contributed by atoms with Gasteiger partial charge in [0.05, 0.1) is 5.00 Å². The molecular formula is C10H10N4OS3. The maximum atomic E-state index is 11.6. The van der Waals surface area contributed by atoms with Gasteiger partial charge < -0.3 is 0 Å². The summed E-state index contributed by atoms with van der Waals surface area (Å²) in [6.07, 6.45) is 1.79. The molecule has 2 heterocycles. The van der Waals surface area contributed by atoms with E-state index in [0.717, 1.165) is 15.1 Å². The third-order valence-corrected chi connectivity index (χ3v) is 4.46. The molecule has 94 valence electrons. The second kappa shape index (κ2) is 6.53. The second-order valence-corrected chi connectivity index (χ2v) is 6.22. The number of hydrogen-bond acceptors (Lipinski definition) is 6. The molecule has 0 aromatic carbocycles. The average molecular weight is 298 g/mol. The lowest BCUT2D eigenvalue weighted by Crippen LogP contribution is -2.18. The molecule has 2 rings (SSSR count). The number of carbonyl (C=O) groups is 1. The van der Waals surface area contributed by atoms with E-state index in [-0.39, 0.29) is 6.03 Å². The molecule has 2 N–H and O–H groups in total. The molecule has 0 unspecified atom stereocenters. The van der Waals surface area contributed by atoms with Crippen molar-refractivity contribution >= 4 is 50.6 Å². The molecule has 2 aromatic rings. The monoisotopic (exact) mass is 298 g/mol. The van der Waals surface area contributed by atoms with Gasteiger partial charge in [-0.3, -0.25) is 10.6 Å². The van der Waals surface area contributed by atoms with E-state index in [4.69, 9.17) is 0 Å². The Balaban J connectivity index is 1.87. The fraction of sp³-hybridized carbons (Fsp3) is 0.100. The number of thiophene rings is 1. The molecule has 0 atom stereocenters. The van der Waals surface area contributed by atoms with Gasteiger partial charge in [0, 0.05) is 5.75 Å². The maximum Gasteiger partial charge on any atom is 0.326 e. The first-order valence-corrected chi connectivity index (χ1v) is 7.65. The zero-order chi connectivity index (χ0) is 12.8. The maximum absolute atomic E-state index is 11.6. The summed E-state index contributed by atoms with van der Waals surface area (Å²) in [4.78, 5) is 11.6. The van der Waals surface area contributed by atoms with Crippen molar-refractivity contribution in [1.82, 2.24) is 10.2 Å². The van der Waals surface area contributed by atoms with Crippen LogP contribution in [-0.2, 0) is 0 Å². The molecule has 5 nitrogen and oxygen atoms in total. The van der Waals surface area contributed by atoms with Gasteiger partial charge in [0.25, 0.3) is 0 Å². The van der Waals surface area contributed by atoms with Crippen LogP contribution < -0.4 is 10.6 Å². The van der Waals surface area contributed by atoms with Crippen molar-refractivity contribution < 1.29 is 4.79 Å². The van der Waals surface area contributed by atoms with E-state index in [2.05, 4.69) is 27.4 Å². The lowest BCUT2D eigenvalue weighted by atomic mass is 10.6. The van der Waals surface area contributed by atoms with Crippen LogP contribution in [0.25, 0.3) is 0 Å². The number of nitrogens with one attached hydrogen (secondary N) is 2. The lowest BCUT2D eigenvalue weighted by Gasteiger charge is -2.00. The first kappa shape index (κ1) is 13.1. The largest absolute Gasteiger partial charge is 0.326 e. The Labute approximate surface area is 116 Å². The zero-order valence-corrected chi connectivity index (χ0v) is 11.7. The Morgan fingerprint density at radius 1 is 1.50 bits per heavy atom. The first-order valence-electron chi connectivity index (χ1n) is 4.96. The van der Waals surface area contributed by atoms with E-state index < -0.39 is 0 Å². The molecule has 8 heteroatoms. The molecule has 0 saturated heterocycles. The molecule has 18 heavy (non-hydrogen) atoms. The predicted octanol–water partition coefficient (Wildman–Crippen LogP) is 3.52. The van der Waals surface area contributed by atoms with Crippen LogP contribution in [0.5, 0.6) is 0 Å². The SMILES string of the molecule is C=CCSc1nnc(NC(=O)Nc2cccs2)s1. The number of amides is 2. The normalized spacial score (nSPS) is 10.0. The Kier molecular flexibility index (Phi) is 4.73. The van der Waals surface area contributed by atoms with Gasteiger partial charge in [-0.2, -0.15) is 0 Å². The summed E-state index contributed by atoms with van der Waals surface area (Å²) < 4.78 is 0.807. The number of thioether (sulfide) groups is 1. The number of nitrogens with zero attached hydrogens (tertiary/aromatic N) is 2. The molecule has 0 aliphatic carbocycles. The van der Waals surface area contributed by atoms with Gasteiger partial charge in [-0.15, -0.1) is 28.1 Å². The predicted molar refractivity (Wildman–Crippen MR) is 77.8 cm³/mol. The Morgan fingerprint density at radius 2 is 2.39 bits per heavy atom. The summed E-state index contributed by atoms with van der Waals surface area (Å²) in [6, 6.07) is 3.39. The third kappa shape index (κ3) is 3.83. The van der Waals surface area contributed by atoms with Crippen LogP contribution in [0.2, 0.25) is 0 Å². The highest BCUT2D eigenvalue weighted by atomic mass is 32.2. The number of hydrogen-bond donors (Lipinski definition) is 2. The van der Waals surface area contributed by atoms with Crippen LogP contribution in [-0.4, -0.2) is 22.0 Å². The highest BCUT2D eigenvalue weighted by molar-refractivity contribution is 8.01. The van der Waals surface area contributed by atoms with E-state index in [1.807, 2.05) is 17.5 Å². The average Bonchev–Trinajstić information content (AvgIpc) is 2.98. The molecular weight excluding hydrogens is 288 g/mol. The van der Waals surface area contributed by atoms with E-state index in [0.29, 0.717) is 5.13 Å². The van der Waals surface area contributed by atoms with Gasteiger partial charge in [-0.25, -0.2) is 4.79 Å². The van der Waals surface area contributed by atoms with Crippen LogP contribution in [0.15, 0.2) is 34.5 Å². The molecule has 0 bridgehead atoms. The van der Waals surface area contributed by atoms with Gasteiger partial charge >= 0.3 is 6.03 Å². The highest BCUT2D eigenvalue weighted by Crippen LogP contribution is 2.25. The van der Waals surface area contributed by atoms with Gasteiger partial charge in [-0.1, -0.05) is 29.2 Å². The van der Waals surface area contributed by atoms with Crippen LogP contribution >= 0.6 is 34.4 Å². The minimum absolute atomic E-state index is 0.311. The van der Waals surface area contributed by atoms with Crippen molar-refractivity contribution in [2.45, 2.75) is 4.34 Å². The van der Waals surface area contributed by atoms with E-state index >= 15 is 0 Å². The van der Waals surface area contributed by atoms with Gasteiger partial charge in [0.15, 0.2) is 4.34 Å². The van der Waals surface area contributed by atoms with E-state index in [1.165, 1.54) is 34.4 Å². The van der Waals surface area contributed by atoms with Crippen molar-refractivity contribution in [2.24, 2.45) is 0 Å². The van der Waals surface area contributed by atoms with E-state index in [9.17, 15) is 4.79 Å². The number of carbonyl (C=O) groups excluding carboxylic acids is 1. The molecule has 0 spiro atoms. The number of rotatable bonds is 5. The topological polar surface area (TPSA) is 66.9 Å². The molecule has 0 radical (unpaired) electrons. The van der Waals surface area contributed by atoms with Gasteiger partial charge in [0.1, 0.15) is 0 Å². The van der Waals surface area contributed by atoms with Crippen LogP contribution in [0.3, 0.4) is 0 Å². The van der Waals surface area contributed by atoms with Crippen LogP contribution in [0.1, 0.15) is 0 Å². The minimum atomic E-state index is -0.311. The Morgan fingerprint density at radius 3 is 3.11 bits per heavy atom. The molecule has 2 amide bonds. The van der Waals surface area contributed by atoms with Crippen LogP contribution in [0.4, 0.5) is 14.9 Å². The summed E-state index contributed by atoms with van der Waals surface area (Å²) in [7, 11) is 0. The van der Waals surface area contributed by atoms with Crippen molar-refractivity contribution in [1.29, 1.82) is 0 Å². The molecule has 0 aliphatic heterocycles. The smallest absolute Gasteiger partial charge is 0.299 e. The summed E-state index contributed by atoms with van der Waals surface area (Å²) in [5.41, 5.74) is 0. The van der Waals surface area contributed by atoms with Crippen molar-refractivity contribution in [3.63, 3.8) is 0 Å². The van der Waals surface area contributed by atoms with Crippen molar-refractivity contribution in [2.75, 3.05) is 16.4 Å². The van der Waals surface area contributed by atoms with Crippen molar-refractivity contribution in [3.8, 4) is 0 Å². The summed E-state index contributed by atoms with van der Waals surface area (Å²) in [5.74, 6) is 0.774. The Hall–Kier alpha value is -1.38.